The van der Waals surface area contributed by atoms with Crippen molar-refractivity contribution in [3.8, 4) is 11.5 Å². The van der Waals surface area contributed by atoms with Crippen molar-refractivity contribution in [3.63, 3.8) is 0 Å². The highest BCUT2D eigenvalue weighted by molar-refractivity contribution is 5.85. The average molecular weight is 507 g/mol. The van der Waals surface area contributed by atoms with E-state index in [0.29, 0.717) is 30.5 Å². The molecule has 1 aromatic heterocycles. The Hall–Kier alpha value is -3.89. The maximum Gasteiger partial charge on any atom is 0.413 e. The molecular weight excluding hydrogens is 472 g/mol. The molecule has 1 amide bonds. The smallest absolute Gasteiger partial charge is 0.413 e. The van der Waals surface area contributed by atoms with Crippen LogP contribution in [0.15, 0.2) is 67.1 Å². The molecule has 0 aliphatic carbocycles. The summed E-state index contributed by atoms with van der Waals surface area (Å²) in [6.07, 6.45) is 1.77. The minimum Gasteiger partial charge on any atom is -0.493 e. The van der Waals surface area contributed by atoms with Gasteiger partial charge in [-0.1, -0.05) is 30.3 Å². The number of anilines is 2. The molecule has 0 bridgehead atoms. The lowest BCUT2D eigenvalue weighted by Gasteiger charge is -2.32. The van der Waals surface area contributed by atoms with Crippen molar-refractivity contribution in [1.29, 1.82) is 0 Å². The Kier molecular flexibility index (Phi) is 9.12. The van der Waals surface area contributed by atoms with Gasteiger partial charge in [0.25, 0.3) is 0 Å². The Morgan fingerprint density at radius 2 is 1.89 bits per heavy atom. The van der Waals surface area contributed by atoms with Crippen LogP contribution in [0.4, 0.5) is 16.3 Å². The number of hydrogen-bond donors (Lipinski definition) is 2. The van der Waals surface area contributed by atoms with E-state index in [1.807, 2.05) is 48.5 Å². The number of piperazine rings is 1. The number of carbonyl (C=O) groups is 1. The molecule has 3 aromatic rings. The normalized spacial score (nSPS) is 15.1. The number of likely N-dealkylation sites (N-methyl/N-ethyl adjacent to an activating group) is 1. The highest BCUT2D eigenvalue weighted by Crippen LogP contribution is 2.32. The van der Waals surface area contributed by atoms with Crippen LogP contribution in [-0.2, 0) is 0 Å². The van der Waals surface area contributed by atoms with Crippen LogP contribution in [0.3, 0.4) is 0 Å². The first-order valence-electron chi connectivity index (χ1n) is 12.3. The van der Waals surface area contributed by atoms with Crippen LogP contribution in [-0.4, -0.2) is 91.0 Å². The van der Waals surface area contributed by atoms with Crippen molar-refractivity contribution in [2.45, 2.75) is 6.04 Å². The van der Waals surface area contributed by atoms with Gasteiger partial charge in [0.1, 0.15) is 18.8 Å². The molecule has 0 unspecified atom stereocenters. The van der Waals surface area contributed by atoms with E-state index in [0.717, 1.165) is 44.0 Å². The predicted octanol–water partition coefficient (Wildman–Crippen LogP) is 3.45. The van der Waals surface area contributed by atoms with Gasteiger partial charge in [-0.3, -0.25) is 9.80 Å². The van der Waals surface area contributed by atoms with Crippen molar-refractivity contribution in [2.75, 3.05) is 70.2 Å². The van der Waals surface area contributed by atoms with Crippen molar-refractivity contribution in [3.05, 3.63) is 72.7 Å². The summed E-state index contributed by atoms with van der Waals surface area (Å²) < 4.78 is 11.6. The maximum absolute atomic E-state index is 12.3. The molecule has 2 heterocycles. The molecule has 10 heteroatoms. The standard InChI is InChI=1S/C27H34N6O4/c1-31-12-14-32(15-13-31)16-17-37-24-9-8-22(18-25(24)36-2)29-19-23(21-6-4-3-5-7-21)33(27(34)35)26-10-11-28-20-30-26/h3-11,18,20,23,29H,12-17,19H2,1-2H3,(H,34,35)/t23-/m1/s1. The van der Waals surface area contributed by atoms with Crippen LogP contribution < -0.4 is 19.7 Å². The summed E-state index contributed by atoms with van der Waals surface area (Å²) in [6, 6.07) is 16.2. The predicted molar refractivity (Wildman–Crippen MR) is 143 cm³/mol. The summed E-state index contributed by atoms with van der Waals surface area (Å²) >= 11 is 0. The fraction of sp³-hybridized carbons (Fsp3) is 0.370. The number of nitrogens with one attached hydrogen (secondary N) is 1. The summed E-state index contributed by atoms with van der Waals surface area (Å²) in [4.78, 5) is 26.4. The molecule has 0 spiro atoms. The minimum atomic E-state index is -1.10. The SMILES string of the molecule is COc1cc(NC[C@H](c2ccccc2)N(C(=O)O)c2ccncn2)ccc1OCCN1CCN(C)CC1. The van der Waals surface area contributed by atoms with E-state index in [4.69, 9.17) is 9.47 Å². The zero-order chi connectivity index (χ0) is 26.0. The van der Waals surface area contributed by atoms with Gasteiger partial charge in [-0.2, -0.15) is 0 Å². The molecule has 1 saturated heterocycles. The van der Waals surface area contributed by atoms with Crippen molar-refractivity contribution in [2.24, 2.45) is 0 Å². The molecule has 1 aliphatic heterocycles. The third-order valence-electron chi connectivity index (χ3n) is 6.44. The molecule has 1 fully saturated rings. The summed E-state index contributed by atoms with van der Waals surface area (Å²) in [5.74, 6) is 1.60. The van der Waals surface area contributed by atoms with Crippen LogP contribution in [0.5, 0.6) is 11.5 Å². The van der Waals surface area contributed by atoms with E-state index >= 15 is 0 Å². The van der Waals surface area contributed by atoms with Crippen LogP contribution >= 0.6 is 0 Å². The number of methoxy groups -OCH3 is 1. The van der Waals surface area contributed by atoms with Crippen molar-refractivity contribution >= 4 is 17.6 Å². The summed E-state index contributed by atoms with van der Waals surface area (Å²) in [7, 11) is 3.76. The largest absolute Gasteiger partial charge is 0.493 e. The Morgan fingerprint density at radius 3 is 2.57 bits per heavy atom. The molecule has 1 atom stereocenters. The van der Waals surface area contributed by atoms with Crippen LogP contribution in [0.1, 0.15) is 11.6 Å². The van der Waals surface area contributed by atoms with E-state index in [1.165, 1.54) is 17.4 Å². The molecule has 10 nitrogen and oxygen atoms in total. The highest BCUT2D eigenvalue weighted by atomic mass is 16.5. The van der Waals surface area contributed by atoms with E-state index < -0.39 is 12.1 Å². The van der Waals surface area contributed by atoms with Crippen molar-refractivity contribution in [1.82, 2.24) is 19.8 Å². The Bertz CT molecular complexity index is 1130. The molecule has 37 heavy (non-hydrogen) atoms. The van der Waals surface area contributed by atoms with Crippen LogP contribution in [0.25, 0.3) is 0 Å². The number of nitrogens with zero attached hydrogens (tertiary/aromatic N) is 5. The molecule has 0 radical (unpaired) electrons. The van der Waals surface area contributed by atoms with Gasteiger partial charge in [0.15, 0.2) is 11.5 Å². The molecule has 1 aliphatic rings. The molecule has 2 N–H and O–H groups in total. The first-order valence-corrected chi connectivity index (χ1v) is 12.3. The van der Waals surface area contributed by atoms with Crippen LogP contribution in [0.2, 0.25) is 0 Å². The number of ether oxygens (including phenoxy) is 2. The van der Waals surface area contributed by atoms with Gasteiger partial charge in [0.2, 0.25) is 0 Å². The Labute approximate surface area is 217 Å². The second-order valence-electron chi connectivity index (χ2n) is 8.89. The lowest BCUT2D eigenvalue weighted by molar-refractivity contribution is 0.133. The average Bonchev–Trinajstić information content (AvgIpc) is 2.93. The number of rotatable bonds is 11. The molecule has 2 aromatic carbocycles. The van der Waals surface area contributed by atoms with E-state index in [-0.39, 0.29) is 0 Å². The number of aromatic nitrogens is 2. The lowest BCUT2D eigenvalue weighted by Crippen LogP contribution is -2.45. The van der Waals surface area contributed by atoms with Gasteiger partial charge in [-0.15, -0.1) is 0 Å². The third-order valence-corrected chi connectivity index (χ3v) is 6.44. The zero-order valence-electron chi connectivity index (χ0n) is 21.3. The quantitative estimate of drug-likeness (QED) is 0.405. The van der Waals surface area contributed by atoms with Gasteiger partial charge in [0.05, 0.1) is 13.2 Å². The molecule has 196 valence electrons. The highest BCUT2D eigenvalue weighted by Gasteiger charge is 2.27. The molecular formula is C27H34N6O4. The van der Waals surface area contributed by atoms with E-state index in [1.54, 1.807) is 13.2 Å². The van der Waals surface area contributed by atoms with Gasteiger partial charge in [0, 0.05) is 57.2 Å². The van der Waals surface area contributed by atoms with Gasteiger partial charge >= 0.3 is 6.09 Å². The number of benzene rings is 2. The fourth-order valence-electron chi connectivity index (χ4n) is 4.32. The topological polar surface area (TPSA) is 103 Å². The number of carboxylic acid groups (broad SMARTS) is 1. The van der Waals surface area contributed by atoms with Crippen molar-refractivity contribution < 1.29 is 19.4 Å². The number of hydrogen-bond acceptors (Lipinski definition) is 8. The fourth-order valence-corrected chi connectivity index (χ4v) is 4.32. The number of amides is 1. The Morgan fingerprint density at radius 1 is 1.11 bits per heavy atom. The summed E-state index contributed by atoms with van der Waals surface area (Å²) in [5, 5.41) is 13.4. The zero-order valence-corrected chi connectivity index (χ0v) is 21.3. The van der Waals surface area contributed by atoms with E-state index in [9.17, 15) is 9.90 Å². The molecule has 4 rings (SSSR count). The van der Waals surface area contributed by atoms with Gasteiger partial charge < -0.3 is 24.8 Å². The van der Waals surface area contributed by atoms with Gasteiger partial charge in [-0.05, 0) is 30.8 Å². The maximum atomic E-state index is 12.3. The minimum absolute atomic E-state index is 0.305. The molecule has 0 saturated carbocycles. The van der Waals surface area contributed by atoms with E-state index in [2.05, 4.69) is 32.1 Å². The van der Waals surface area contributed by atoms with Crippen LogP contribution in [0, 0.1) is 0 Å². The lowest BCUT2D eigenvalue weighted by atomic mass is 10.1. The van der Waals surface area contributed by atoms with Gasteiger partial charge in [-0.25, -0.2) is 14.8 Å². The second kappa shape index (κ2) is 12.9. The summed E-state index contributed by atoms with van der Waals surface area (Å²) in [5.41, 5.74) is 1.63. The first-order chi connectivity index (χ1) is 18.0. The second-order valence-corrected chi connectivity index (χ2v) is 8.89. The first kappa shape index (κ1) is 26.2. The summed E-state index contributed by atoms with van der Waals surface area (Å²) in [6.45, 7) is 6.00. The third kappa shape index (κ3) is 7.08. The Balaban J connectivity index is 1.44. The monoisotopic (exact) mass is 506 g/mol.